The minimum atomic E-state index is 0.434. The van der Waals surface area contributed by atoms with Crippen molar-refractivity contribution in [3.8, 4) is 0 Å². The molecule has 1 aromatic carbocycles. The van der Waals surface area contributed by atoms with Crippen LogP contribution in [0.2, 0.25) is 0 Å². The van der Waals surface area contributed by atoms with E-state index in [1.165, 1.54) is 18.7 Å². The van der Waals surface area contributed by atoms with Gasteiger partial charge in [-0.1, -0.05) is 32.0 Å². The van der Waals surface area contributed by atoms with Crippen LogP contribution in [0.5, 0.6) is 0 Å². The summed E-state index contributed by atoms with van der Waals surface area (Å²) in [6.45, 7) is 12.0. The molecule has 0 aliphatic heterocycles. The second kappa shape index (κ2) is 13.5. The van der Waals surface area contributed by atoms with E-state index in [1.54, 1.807) is 0 Å². The molecule has 0 aliphatic carbocycles. The van der Waals surface area contributed by atoms with Crippen LogP contribution in [0, 0.1) is 0 Å². The number of hydrogen-bond acceptors (Lipinski definition) is 3. The largest absolute Gasteiger partial charge is 0.385 e. The molecule has 0 aliphatic rings. The van der Waals surface area contributed by atoms with Crippen LogP contribution in [0.3, 0.4) is 0 Å². The molecule has 0 heterocycles. The number of nitrogens with one attached hydrogen (secondary N) is 3. The Morgan fingerprint density at radius 3 is 2.44 bits per heavy atom. The number of hydrogen-bond donors (Lipinski definition) is 3. The van der Waals surface area contributed by atoms with Crippen molar-refractivity contribution in [2.45, 2.75) is 46.1 Å². The first-order valence-corrected chi connectivity index (χ1v) is 9.68. The predicted molar refractivity (Wildman–Crippen MR) is 111 cm³/mol. The summed E-state index contributed by atoms with van der Waals surface area (Å²) in [7, 11) is 1.83. The molecular formula is C20H37N5. The van der Waals surface area contributed by atoms with E-state index < -0.39 is 0 Å². The average molecular weight is 348 g/mol. The van der Waals surface area contributed by atoms with Crippen molar-refractivity contribution < 1.29 is 0 Å². The third kappa shape index (κ3) is 9.97. The Morgan fingerprint density at radius 2 is 1.80 bits per heavy atom. The van der Waals surface area contributed by atoms with Crippen molar-refractivity contribution >= 4 is 11.6 Å². The van der Waals surface area contributed by atoms with E-state index in [2.05, 4.69) is 58.7 Å². The van der Waals surface area contributed by atoms with Crippen LogP contribution >= 0.6 is 0 Å². The van der Waals surface area contributed by atoms with Gasteiger partial charge in [0.1, 0.15) is 0 Å². The highest BCUT2D eigenvalue weighted by Crippen LogP contribution is 2.04. The van der Waals surface area contributed by atoms with Gasteiger partial charge < -0.3 is 20.9 Å². The van der Waals surface area contributed by atoms with E-state index in [9.17, 15) is 0 Å². The number of rotatable bonds is 12. The highest BCUT2D eigenvalue weighted by Gasteiger charge is 2.06. The molecule has 1 unspecified atom stereocenters. The molecule has 0 radical (unpaired) electrons. The van der Waals surface area contributed by atoms with Crippen LogP contribution in [0.25, 0.3) is 0 Å². The maximum atomic E-state index is 4.32. The van der Waals surface area contributed by atoms with Gasteiger partial charge in [0.05, 0.1) is 0 Å². The van der Waals surface area contributed by atoms with Gasteiger partial charge >= 0.3 is 0 Å². The summed E-state index contributed by atoms with van der Waals surface area (Å²) in [6.07, 6.45) is 3.42. The normalized spacial score (nSPS) is 12.9. The van der Waals surface area contributed by atoms with Gasteiger partial charge in [-0.15, -0.1) is 0 Å². The van der Waals surface area contributed by atoms with Gasteiger partial charge in [-0.3, -0.25) is 4.99 Å². The van der Waals surface area contributed by atoms with E-state index in [1.807, 2.05) is 25.2 Å². The molecule has 0 spiro atoms. The molecule has 1 atom stereocenters. The fourth-order valence-corrected chi connectivity index (χ4v) is 2.75. The molecule has 3 N–H and O–H groups in total. The molecule has 5 heteroatoms. The Balaban J connectivity index is 2.12. The first kappa shape index (κ1) is 21.3. The quantitative estimate of drug-likeness (QED) is 0.309. The molecule has 1 rings (SSSR count). The molecule has 0 fully saturated rings. The number of para-hydroxylation sites is 1. The molecular weight excluding hydrogens is 310 g/mol. The third-order valence-electron chi connectivity index (χ3n) is 4.36. The van der Waals surface area contributed by atoms with Crippen LogP contribution in [-0.2, 0) is 0 Å². The maximum Gasteiger partial charge on any atom is 0.191 e. The van der Waals surface area contributed by atoms with Crippen molar-refractivity contribution in [3.05, 3.63) is 30.3 Å². The van der Waals surface area contributed by atoms with Crippen molar-refractivity contribution in [3.63, 3.8) is 0 Å². The summed E-state index contributed by atoms with van der Waals surface area (Å²) in [5.41, 5.74) is 1.17. The van der Waals surface area contributed by atoms with Gasteiger partial charge in [0.2, 0.25) is 0 Å². The summed E-state index contributed by atoms with van der Waals surface area (Å²) in [6, 6.07) is 10.7. The topological polar surface area (TPSA) is 51.7 Å². The second-order valence-electron chi connectivity index (χ2n) is 6.36. The van der Waals surface area contributed by atoms with Crippen LogP contribution in [-0.4, -0.2) is 56.7 Å². The lowest BCUT2D eigenvalue weighted by atomic mass is 10.2. The summed E-state index contributed by atoms with van der Waals surface area (Å²) in [5.74, 6) is 0.898. The highest BCUT2D eigenvalue weighted by molar-refractivity contribution is 5.79. The maximum absolute atomic E-state index is 4.32. The number of nitrogens with zero attached hydrogens (tertiary/aromatic N) is 2. The van der Waals surface area contributed by atoms with Crippen molar-refractivity contribution in [2.75, 3.05) is 45.1 Å². The minimum absolute atomic E-state index is 0.434. The zero-order valence-corrected chi connectivity index (χ0v) is 16.5. The molecule has 0 amide bonds. The van der Waals surface area contributed by atoms with Gasteiger partial charge in [-0.25, -0.2) is 0 Å². The number of anilines is 1. The van der Waals surface area contributed by atoms with Crippen LogP contribution < -0.4 is 16.0 Å². The van der Waals surface area contributed by atoms with Crippen LogP contribution in [0.15, 0.2) is 35.3 Å². The van der Waals surface area contributed by atoms with Crippen molar-refractivity contribution in [1.82, 2.24) is 15.5 Å². The molecule has 25 heavy (non-hydrogen) atoms. The molecule has 1 aromatic rings. The van der Waals surface area contributed by atoms with E-state index in [0.29, 0.717) is 6.04 Å². The molecule has 0 saturated heterocycles. The summed E-state index contributed by atoms with van der Waals surface area (Å²) < 4.78 is 0. The molecule has 0 aromatic heterocycles. The summed E-state index contributed by atoms with van der Waals surface area (Å²) >= 11 is 0. The Bertz CT molecular complexity index is 456. The Hall–Kier alpha value is -1.75. The molecule has 0 bridgehead atoms. The standard InChI is InChI=1S/C20H37N5/c1-5-25(6-2)17-10-12-18(3)24-20(21-4)23-16-11-15-22-19-13-8-7-9-14-19/h7-9,13-14,18,22H,5-6,10-12,15-17H2,1-4H3,(H2,21,23,24). The minimum Gasteiger partial charge on any atom is -0.385 e. The monoisotopic (exact) mass is 347 g/mol. The number of aliphatic imine (C=N–C) groups is 1. The van der Waals surface area contributed by atoms with Gasteiger partial charge in [-0.05, 0) is 58.0 Å². The molecule has 142 valence electrons. The Labute approximate surface area is 154 Å². The van der Waals surface area contributed by atoms with E-state index >= 15 is 0 Å². The summed E-state index contributed by atoms with van der Waals surface area (Å²) in [5, 5.41) is 10.3. The fraction of sp³-hybridized carbons (Fsp3) is 0.650. The molecule has 0 saturated carbocycles. The summed E-state index contributed by atoms with van der Waals surface area (Å²) in [4.78, 5) is 6.79. The second-order valence-corrected chi connectivity index (χ2v) is 6.36. The van der Waals surface area contributed by atoms with Crippen LogP contribution in [0.1, 0.15) is 40.0 Å². The van der Waals surface area contributed by atoms with Gasteiger partial charge in [0.25, 0.3) is 0 Å². The lowest BCUT2D eigenvalue weighted by Gasteiger charge is -2.21. The lowest BCUT2D eigenvalue weighted by Crippen LogP contribution is -2.43. The number of benzene rings is 1. The Morgan fingerprint density at radius 1 is 1.08 bits per heavy atom. The highest BCUT2D eigenvalue weighted by atomic mass is 15.2. The third-order valence-corrected chi connectivity index (χ3v) is 4.36. The zero-order chi connectivity index (χ0) is 18.3. The van der Waals surface area contributed by atoms with Crippen molar-refractivity contribution in [1.29, 1.82) is 0 Å². The lowest BCUT2D eigenvalue weighted by molar-refractivity contribution is 0.292. The van der Waals surface area contributed by atoms with Crippen LogP contribution in [0.4, 0.5) is 5.69 Å². The smallest absolute Gasteiger partial charge is 0.191 e. The zero-order valence-electron chi connectivity index (χ0n) is 16.5. The van der Waals surface area contributed by atoms with Gasteiger partial charge in [0, 0.05) is 31.9 Å². The van der Waals surface area contributed by atoms with Crippen molar-refractivity contribution in [2.24, 2.45) is 4.99 Å². The van der Waals surface area contributed by atoms with Gasteiger partial charge in [0.15, 0.2) is 5.96 Å². The van der Waals surface area contributed by atoms with E-state index in [4.69, 9.17) is 0 Å². The Kier molecular flexibility index (Phi) is 11.5. The fourth-order valence-electron chi connectivity index (χ4n) is 2.75. The van der Waals surface area contributed by atoms with E-state index in [-0.39, 0.29) is 0 Å². The molecule has 5 nitrogen and oxygen atoms in total. The van der Waals surface area contributed by atoms with E-state index in [0.717, 1.165) is 45.0 Å². The SMILES string of the molecule is CCN(CC)CCCC(C)NC(=NC)NCCCNc1ccccc1. The number of guanidine groups is 1. The first-order chi connectivity index (χ1) is 12.2. The predicted octanol–water partition coefficient (Wildman–Crippen LogP) is 3.16. The average Bonchev–Trinajstić information content (AvgIpc) is 2.65. The van der Waals surface area contributed by atoms with Gasteiger partial charge in [-0.2, -0.15) is 0 Å². The first-order valence-electron chi connectivity index (χ1n) is 9.68.